The Morgan fingerprint density at radius 3 is 2.65 bits per heavy atom. The number of aryl methyl sites for hydroxylation is 1. The number of rotatable bonds is 4. The maximum absolute atomic E-state index is 11.9. The van der Waals surface area contributed by atoms with Crippen LogP contribution in [0.5, 0.6) is 0 Å². The minimum Gasteiger partial charge on any atom is -0.324 e. The quantitative estimate of drug-likeness (QED) is 0.692. The molecule has 1 fully saturated rings. The van der Waals surface area contributed by atoms with E-state index in [0.29, 0.717) is 5.82 Å². The van der Waals surface area contributed by atoms with Crippen molar-refractivity contribution in [1.82, 2.24) is 20.4 Å². The number of carbonyl (C=O) groups is 3. The molecule has 1 aliphatic rings. The van der Waals surface area contributed by atoms with Crippen LogP contribution in [-0.4, -0.2) is 45.0 Å². The highest BCUT2D eigenvalue weighted by Gasteiger charge is 2.43. The smallest absolute Gasteiger partial charge is 0.324 e. The van der Waals surface area contributed by atoms with E-state index in [2.05, 4.69) is 20.8 Å². The number of hydrogen-bond donors (Lipinski definition) is 3. The number of anilines is 1. The summed E-state index contributed by atoms with van der Waals surface area (Å²) in [4.78, 5) is 36.3. The van der Waals surface area contributed by atoms with Gasteiger partial charge >= 0.3 is 6.03 Å². The van der Waals surface area contributed by atoms with E-state index in [9.17, 15) is 14.4 Å². The SMILES string of the molecule is Cc1cc(NC(=O)CCN2C(=O)NC(C)(C)C2=O)n[nH]1. The minimum absolute atomic E-state index is 0.0289. The second kappa shape index (κ2) is 4.95. The molecule has 0 atom stereocenters. The number of urea groups is 1. The van der Waals surface area contributed by atoms with Crippen molar-refractivity contribution in [2.24, 2.45) is 0 Å². The van der Waals surface area contributed by atoms with Crippen molar-refractivity contribution in [3.63, 3.8) is 0 Å². The molecule has 4 amide bonds. The van der Waals surface area contributed by atoms with Crippen LogP contribution in [0.1, 0.15) is 26.0 Å². The molecular formula is C12H17N5O3. The number of aromatic nitrogens is 2. The van der Waals surface area contributed by atoms with Gasteiger partial charge in [0.05, 0.1) is 0 Å². The number of aromatic amines is 1. The van der Waals surface area contributed by atoms with Crippen molar-refractivity contribution in [3.8, 4) is 0 Å². The van der Waals surface area contributed by atoms with Crippen molar-refractivity contribution in [1.29, 1.82) is 0 Å². The van der Waals surface area contributed by atoms with Gasteiger partial charge < -0.3 is 10.6 Å². The van der Waals surface area contributed by atoms with Crippen LogP contribution in [-0.2, 0) is 9.59 Å². The molecule has 1 aromatic heterocycles. The largest absolute Gasteiger partial charge is 0.325 e. The summed E-state index contributed by atoms with van der Waals surface area (Å²) in [6.07, 6.45) is 0.0289. The molecule has 0 radical (unpaired) electrons. The summed E-state index contributed by atoms with van der Waals surface area (Å²) >= 11 is 0. The number of imide groups is 1. The summed E-state index contributed by atoms with van der Waals surface area (Å²) in [5, 5.41) is 11.7. The monoisotopic (exact) mass is 279 g/mol. The zero-order valence-corrected chi connectivity index (χ0v) is 11.6. The van der Waals surface area contributed by atoms with Crippen LogP contribution in [0.3, 0.4) is 0 Å². The van der Waals surface area contributed by atoms with Crippen LogP contribution in [0.15, 0.2) is 6.07 Å². The Morgan fingerprint density at radius 2 is 2.15 bits per heavy atom. The number of hydrogen-bond acceptors (Lipinski definition) is 4. The minimum atomic E-state index is -0.910. The third-order valence-corrected chi connectivity index (χ3v) is 2.98. The van der Waals surface area contributed by atoms with Crippen molar-refractivity contribution in [3.05, 3.63) is 11.8 Å². The van der Waals surface area contributed by atoms with Crippen molar-refractivity contribution >= 4 is 23.7 Å². The predicted octanol–water partition coefficient (Wildman–Crippen LogP) is 0.377. The summed E-state index contributed by atoms with van der Waals surface area (Å²) in [6.45, 7) is 5.11. The van der Waals surface area contributed by atoms with Crippen molar-refractivity contribution < 1.29 is 14.4 Å². The molecule has 0 bridgehead atoms. The normalized spacial score (nSPS) is 17.2. The van der Waals surface area contributed by atoms with E-state index < -0.39 is 11.6 Å². The van der Waals surface area contributed by atoms with Gasteiger partial charge in [-0.3, -0.25) is 19.6 Å². The Bertz CT molecular complexity index is 563. The lowest BCUT2D eigenvalue weighted by Gasteiger charge is -2.15. The molecule has 108 valence electrons. The molecule has 2 heterocycles. The molecule has 0 unspecified atom stereocenters. The second-order valence-electron chi connectivity index (χ2n) is 5.25. The van der Waals surface area contributed by atoms with Gasteiger partial charge in [0.2, 0.25) is 5.91 Å². The van der Waals surface area contributed by atoms with Gasteiger partial charge in [-0.05, 0) is 20.8 Å². The topological polar surface area (TPSA) is 107 Å². The van der Waals surface area contributed by atoms with E-state index in [1.807, 2.05) is 6.92 Å². The van der Waals surface area contributed by atoms with E-state index in [1.165, 1.54) is 0 Å². The first-order valence-corrected chi connectivity index (χ1v) is 6.25. The first kappa shape index (κ1) is 14.0. The van der Waals surface area contributed by atoms with Crippen LogP contribution < -0.4 is 10.6 Å². The lowest BCUT2D eigenvalue weighted by atomic mass is 10.1. The molecule has 8 nitrogen and oxygen atoms in total. The van der Waals surface area contributed by atoms with Crippen LogP contribution >= 0.6 is 0 Å². The molecule has 1 aliphatic heterocycles. The maximum atomic E-state index is 11.9. The molecule has 2 rings (SSSR count). The van der Waals surface area contributed by atoms with E-state index in [4.69, 9.17) is 0 Å². The third kappa shape index (κ3) is 2.79. The number of carbonyl (C=O) groups excluding carboxylic acids is 3. The summed E-state index contributed by atoms with van der Waals surface area (Å²) in [5.41, 5.74) is -0.0801. The molecule has 1 saturated heterocycles. The Morgan fingerprint density at radius 1 is 1.45 bits per heavy atom. The summed E-state index contributed by atoms with van der Waals surface area (Å²) in [7, 11) is 0. The highest BCUT2D eigenvalue weighted by Crippen LogP contribution is 2.16. The van der Waals surface area contributed by atoms with Crippen LogP contribution in [0.2, 0.25) is 0 Å². The fourth-order valence-electron chi connectivity index (χ4n) is 1.92. The molecule has 8 heteroatoms. The van der Waals surface area contributed by atoms with Gasteiger partial charge in [0.1, 0.15) is 5.54 Å². The molecule has 3 N–H and O–H groups in total. The molecule has 0 aromatic carbocycles. The fraction of sp³-hybridized carbons (Fsp3) is 0.500. The molecular weight excluding hydrogens is 262 g/mol. The Balaban J connectivity index is 1.88. The second-order valence-corrected chi connectivity index (χ2v) is 5.25. The molecule has 0 saturated carbocycles. The summed E-state index contributed by atoms with van der Waals surface area (Å²) in [5.74, 6) is -0.210. The zero-order valence-electron chi connectivity index (χ0n) is 11.6. The molecule has 0 aliphatic carbocycles. The average molecular weight is 279 g/mol. The first-order valence-electron chi connectivity index (χ1n) is 6.25. The number of nitrogens with zero attached hydrogens (tertiary/aromatic N) is 2. The van der Waals surface area contributed by atoms with Crippen LogP contribution in [0.4, 0.5) is 10.6 Å². The standard InChI is InChI=1S/C12H17N5O3/c1-7-6-8(16-15-7)13-9(18)4-5-17-10(19)12(2,3)14-11(17)20/h6H,4-5H2,1-3H3,(H,14,20)(H2,13,15,16,18). The van der Waals surface area contributed by atoms with E-state index >= 15 is 0 Å². The third-order valence-electron chi connectivity index (χ3n) is 2.98. The lowest BCUT2D eigenvalue weighted by Crippen LogP contribution is -2.40. The Labute approximate surface area is 115 Å². The van der Waals surface area contributed by atoms with Gasteiger partial charge in [-0.2, -0.15) is 5.10 Å². The van der Waals surface area contributed by atoms with Crippen molar-refractivity contribution in [2.45, 2.75) is 32.7 Å². The van der Waals surface area contributed by atoms with E-state index in [-0.39, 0.29) is 24.8 Å². The van der Waals surface area contributed by atoms with Gasteiger partial charge in [0, 0.05) is 24.7 Å². The molecule has 1 aromatic rings. The Kier molecular flexibility index (Phi) is 3.47. The maximum Gasteiger partial charge on any atom is 0.325 e. The number of nitrogens with one attached hydrogen (secondary N) is 3. The number of H-pyrrole nitrogens is 1. The lowest BCUT2D eigenvalue weighted by molar-refractivity contribution is -0.130. The number of amides is 4. The van der Waals surface area contributed by atoms with Gasteiger partial charge in [-0.15, -0.1) is 0 Å². The highest BCUT2D eigenvalue weighted by atomic mass is 16.2. The predicted molar refractivity (Wildman–Crippen MR) is 70.9 cm³/mol. The first-order chi connectivity index (χ1) is 9.29. The van der Waals surface area contributed by atoms with E-state index in [1.54, 1.807) is 19.9 Å². The summed E-state index contributed by atoms with van der Waals surface area (Å²) < 4.78 is 0. The van der Waals surface area contributed by atoms with Crippen LogP contribution in [0, 0.1) is 6.92 Å². The van der Waals surface area contributed by atoms with E-state index in [0.717, 1.165) is 10.6 Å². The summed E-state index contributed by atoms with van der Waals surface area (Å²) in [6, 6.07) is 1.22. The van der Waals surface area contributed by atoms with Gasteiger partial charge in [-0.1, -0.05) is 0 Å². The van der Waals surface area contributed by atoms with Crippen LogP contribution in [0.25, 0.3) is 0 Å². The molecule has 0 spiro atoms. The van der Waals surface area contributed by atoms with Gasteiger partial charge in [0.25, 0.3) is 5.91 Å². The van der Waals surface area contributed by atoms with Gasteiger partial charge in [-0.25, -0.2) is 4.79 Å². The van der Waals surface area contributed by atoms with Crippen molar-refractivity contribution in [2.75, 3.05) is 11.9 Å². The van der Waals surface area contributed by atoms with Gasteiger partial charge in [0.15, 0.2) is 5.82 Å². The average Bonchev–Trinajstić information content (AvgIpc) is 2.81. The fourth-order valence-corrected chi connectivity index (χ4v) is 1.92. The molecule has 20 heavy (non-hydrogen) atoms. The Hall–Kier alpha value is -2.38. The highest BCUT2D eigenvalue weighted by molar-refractivity contribution is 6.06. The zero-order chi connectivity index (χ0) is 14.9.